The molecule has 1 radical (unpaired) electrons. The average molecular weight is 785 g/mol. The van der Waals surface area contributed by atoms with E-state index in [4.69, 9.17) is 4.74 Å². The Bertz CT molecular complexity index is 2290. The summed E-state index contributed by atoms with van der Waals surface area (Å²) in [6.07, 6.45) is 1.72. The fraction of sp³-hybridized carbons (Fsp3) is 0. The second-order valence-corrected chi connectivity index (χ2v) is 12.8. The number of benzene rings is 7. The number of pyridine rings is 1. The van der Waals surface area contributed by atoms with Crippen molar-refractivity contribution in [1.29, 1.82) is 0 Å². The zero-order chi connectivity index (χ0) is 37.8. The van der Waals surface area contributed by atoms with Crippen molar-refractivity contribution in [3.8, 4) is 34.4 Å². The van der Waals surface area contributed by atoms with Crippen LogP contribution in [0.5, 0.6) is 11.5 Å². The summed E-state index contributed by atoms with van der Waals surface area (Å²) in [7, 11) is 0. The van der Waals surface area contributed by atoms with Crippen LogP contribution in [0.3, 0.4) is 0 Å². The molecule has 0 aliphatic carbocycles. The van der Waals surface area contributed by atoms with E-state index in [9.17, 15) is 0 Å². The molecule has 2 aromatic heterocycles. The molecule has 0 aliphatic heterocycles. The van der Waals surface area contributed by atoms with Gasteiger partial charge in [-0.15, -0.1) is 0 Å². The molecule has 0 unspecified atom stereocenters. The van der Waals surface area contributed by atoms with E-state index in [1.165, 1.54) is 0 Å². The number of hydrogen-bond acceptors (Lipinski definition) is 4. The van der Waals surface area contributed by atoms with Crippen LogP contribution in [-0.4, -0.2) is 15.1 Å². The maximum atomic E-state index is 6.85. The molecule has 9 aromatic rings. The van der Waals surface area contributed by atoms with Gasteiger partial charge in [-0.05, 0) is 46.8 Å². The molecular weight excluding hydrogens is 748 g/mol. The van der Waals surface area contributed by atoms with Crippen molar-refractivity contribution in [3.05, 3.63) is 270 Å². The Kier molecular flexibility index (Phi) is 12.7. The molecule has 281 valence electrons. The van der Waals surface area contributed by atoms with Gasteiger partial charge in [0, 0.05) is 23.3 Å². The van der Waals surface area contributed by atoms with Gasteiger partial charge in [-0.3, -0.25) is 10.1 Å². The molecule has 0 aliphatic rings. The summed E-state index contributed by atoms with van der Waals surface area (Å²) in [5.74, 6) is 5.09. The summed E-state index contributed by atoms with van der Waals surface area (Å²) in [6.45, 7) is 0. The molecule has 0 atom stereocenters. The van der Waals surface area contributed by atoms with Crippen molar-refractivity contribution in [3.63, 3.8) is 0 Å². The van der Waals surface area contributed by atoms with Crippen LogP contribution in [0.2, 0.25) is 0 Å². The molecule has 6 heteroatoms. The van der Waals surface area contributed by atoms with Crippen LogP contribution < -0.4 is 9.84 Å². The van der Waals surface area contributed by atoms with Gasteiger partial charge >= 0.3 is 0 Å². The Hall–Kier alpha value is -7.11. The zero-order valence-corrected chi connectivity index (χ0v) is 31.8. The Morgan fingerprint density at radius 2 is 0.789 bits per heavy atom. The molecule has 2 heterocycles. The average Bonchev–Trinajstić information content (AvgIpc) is 3.78. The molecule has 0 saturated carbocycles. The van der Waals surface area contributed by atoms with E-state index >= 15 is 0 Å². The van der Waals surface area contributed by atoms with E-state index in [1.807, 2.05) is 60.7 Å². The Morgan fingerprint density at radius 1 is 0.404 bits per heavy atom. The third-order valence-electron chi connectivity index (χ3n) is 9.16. The van der Waals surface area contributed by atoms with Crippen molar-refractivity contribution in [1.82, 2.24) is 20.2 Å². The van der Waals surface area contributed by atoms with Crippen LogP contribution in [0.25, 0.3) is 22.9 Å². The van der Waals surface area contributed by atoms with E-state index in [1.54, 1.807) is 6.20 Å². The van der Waals surface area contributed by atoms with Crippen molar-refractivity contribution in [2.45, 2.75) is 0 Å². The van der Waals surface area contributed by atoms with Gasteiger partial charge < -0.3 is 14.8 Å². The topological polar surface area (TPSA) is 62.0 Å². The molecule has 0 saturated heterocycles. The first-order valence-electron chi connectivity index (χ1n) is 18.5. The molecule has 0 spiro atoms. The predicted molar refractivity (Wildman–Crippen MR) is 224 cm³/mol. The molecule has 0 bridgehead atoms. The number of nitrogens with zero attached hydrogens (tertiary/aromatic N) is 4. The summed E-state index contributed by atoms with van der Waals surface area (Å²) in [5.41, 5.74) is 8.38. The number of aromatic nitrogens is 4. The summed E-state index contributed by atoms with van der Waals surface area (Å²) >= 11 is 0. The second kappa shape index (κ2) is 19.0. The van der Waals surface area contributed by atoms with E-state index in [-0.39, 0.29) is 17.1 Å². The standard InChI is InChI=1S/C38H28O.C13H9N4.Cu/c1-5-17-29(18-6-1)37(30-19-7-2-8-20-30)33-25-13-15-27-35(33)39-36-28-16-14-26-34(36)38(31-21-9-3-10-22-31)32-23-11-4-12-24-32;1-2-6-10(7-3-1)12-15-13(17-16-12)11-8-4-5-9-14-11;/h1-28H;1-9H;/q-2;-1;. The van der Waals surface area contributed by atoms with Crippen molar-refractivity contribution < 1.29 is 21.8 Å². The quantitative estimate of drug-likeness (QED) is 0.0785. The minimum absolute atomic E-state index is 0. The van der Waals surface area contributed by atoms with Crippen LogP contribution in [0.4, 0.5) is 0 Å². The molecule has 0 amide bonds. The largest absolute Gasteiger partial charge is 0.506 e. The maximum Gasteiger partial charge on any atom is 0.0799 e. The van der Waals surface area contributed by atoms with Gasteiger partial charge in [0.1, 0.15) is 0 Å². The molecule has 9 rings (SSSR count). The maximum absolute atomic E-state index is 6.85. The van der Waals surface area contributed by atoms with Gasteiger partial charge in [0.15, 0.2) is 0 Å². The fourth-order valence-electron chi connectivity index (χ4n) is 6.57. The van der Waals surface area contributed by atoms with E-state index < -0.39 is 0 Å². The Labute approximate surface area is 344 Å². The summed E-state index contributed by atoms with van der Waals surface area (Å²) in [6, 6.07) is 74.1. The Morgan fingerprint density at radius 3 is 1.21 bits per heavy atom. The second-order valence-electron chi connectivity index (χ2n) is 12.8. The molecule has 0 fully saturated rings. The summed E-state index contributed by atoms with van der Waals surface area (Å²) < 4.78 is 6.85. The minimum Gasteiger partial charge on any atom is -0.506 e. The van der Waals surface area contributed by atoms with E-state index in [0.29, 0.717) is 11.6 Å². The van der Waals surface area contributed by atoms with Gasteiger partial charge in [-0.1, -0.05) is 228 Å². The first kappa shape index (κ1) is 38.2. The smallest absolute Gasteiger partial charge is 0.0799 e. The number of ether oxygens (including phenoxy) is 1. The molecule has 7 aromatic carbocycles. The van der Waals surface area contributed by atoms with Gasteiger partial charge in [0.2, 0.25) is 0 Å². The van der Waals surface area contributed by atoms with Gasteiger partial charge in [-0.25, -0.2) is 0 Å². The normalized spacial score (nSPS) is 10.3. The minimum atomic E-state index is 0. The fourth-order valence-corrected chi connectivity index (χ4v) is 6.57. The van der Waals surface area contributed by atoms with Crippen LogP contribution in [-0.2, 0) is 17.1 Å². The van der Waals surface area contributed by atoms with Crippen LogP contribution in [0.1, 0.15) is 33.4 Å². The molecule has 0 N–H and O–H groups in total. The van der Waals surface area contributed by atoms with Crippen molar-refractivity contribution in [2.24, 2.45) is 0 Å². The van der Waals surface area contributed by atoms with Crippen molar-refractivity contribution in [2.75, 3.05) is 0 Å². The number of hydrogen-bond donors (Lipinski definition) is 0. The predicted octanol–water partition coefficient (Wildman–Crippen LogP) is 11.7. The SMILES string of the molecule is [Cu].c1ccc(-c2n[n-]c(-c3ccccn3)n2)cc1.c1ccc([C-](c2ccccc2)c2ccccc2Oc2ccccc2[C-](c2ccccc2)c2ccccc2)cc1. The molecule has 57 heavy (non-hydrogen) atoms. The summed E-state index contributed by atoms with van der Waals surface area (Å²) in [4.78, 5) is 8.56. The van der Waals surface area contributed by atoms with Crippen molar-refractivity contribution >= 4 is 0 Å². The van der Waals surface area contributed by atoms with Crippen LogP contribution in [0, 0.1) is 11.8 Å². The molecule has 5 nitrogen and oxygen atoms in total. The molecular formula is C51H37CuN4O-3. The monoisotopic (exact) mass is 784 g/mol. The Balaban J connectivity index is 0.000000230. The number of rotatable bonds is 10. The third kappa shape index (κ3) is 9.23. The van der Waals surface area contributed by atoms with E-state index in [0.717, 1.165) is 68.0 Å². The third-order valence-corrected chi connectivity index (χ3v) is 9.16. The summed E-state index contributed by atoms with van der Waals surface area (Å²) in [5, 5.41) is 8.10. The number of para-hydroxylation sites is 2. The first-order chi connectivity index (χ1) is 27.8. The first-order valence-corrected chi connectivity index (χ1v) is 18.5. The van der Waals surface area contributed by atoms with E-state index in [2.05, 4.69) is 178 Å². The van der Waals surface area contributed by atoms with Gasteiger partial charge in [0.05, 0.1) is 23.0 Å². The van der Waals surface area contributed by atoms with Gasteiger partial charge in [0.25, 0.3) is 0 Å². The van der Waals surface area contributed by atoms with Crippen LogP contribution >= 0.6 is 0 Å². The van der Waals surface area contributed by atoms with Gasteiger partial charge in [-0.2, -0.15) is 0 Å². The van der Waals surface area contributed by atoms with Crippen LogP contribution in [0.15, 0.2) is 225 Å². The zero-order valence-electron chi connectivity index (χ0n) is 30.9.